The van der Waals surface area contributed by atoms with Crippen LogP contribution in [0, 0.1) is 0 Å². The SMILES string of the molecule is CC1(C)C(/C=C/C2=C(N(C(=O)C(F)(F)F)c3ccccc3)C(=C/C=C3/N(CCCCS(=O)(=O)O)c4ccccc4C3(C)C)/CC2)=[N+](CCCCSOOO)c2ccccc21. The summed E-state index contributed by atoms with van der Waals surface area (Å²) < 4.78 is 82.9. The van der Waals surface area contributed by atoms with Crippen LogP contribution in [0.15, 0.2) is 126 Å². The molecule has 1 aliphatic carbocycles. The highest BCUT2D eigenvalue weighted by Crippen LogP contribution is 2.48. The van der Waals surface area contributed by atoms with E-state index in [9.17, 15) is 30.9 Å². The first-order valence-electron chi connectivity index (χ1n) is 19.9. The van der Waals surface area contributed by atoms with Crippen molar-refractivity contribution in [2.45, 2.75) is 83.2 Å². The highest BCUT2D eigenvalue weighted by molar-refractivity contribution is 7.94. The maximum absolute atomic E-state index is 14.6. The number of benzene rings is 3. The van der Waals surface area contributed by atoms with Crippen molar-refractivity contribution in [1.29, 1.82) is 0 Å². The Morgan fingerprint density at radius 1 is 0.883 bits per heavy atom. The molecule has 3 aromatic carbocycles. The monoisotopic (exact) mass is 866 g/mol. The molecule has 0 saturated carbocycles. The molecular weight excluding hydrogens is 816 g/mol. The third-order valence-corrected chi connectivity index (χ3v) is 12.8. The van der Waals surface area contributed by atoms with Gasteiger partial charge in [0.15, 0.2) is 5.71 Å². The van der Waals surface area contributed by atoms with Gasteiger partial charge in [0.2, 0.25) is 5.69 Å². The highest BCUT2D eigenvalue weighted by atomic mass is 32.2. The van der Waals surface area contributed by atoms with Crippen molar-refractivity contribution in [2.24, 2.45) is 0 Å². The molecule has 3 aliphatic rings. The minimum Gasteiger partial charge on any atom is -0.344 e. The molecule has 10 nitrogen and oxygen atoms in total. The molecule has 0 spiro atoms. The van der Waals surface area contributed by atoms with Crippen LogP contribution in [0.3, 0.4) is 0 Å². The van der Waals surface area contributed by atoms with Gasteiger partial charge in [-0.2, -0.15) is 26.2 Å². The van der Waals surface area contributed by atoms with E-state index < -0.39 is 33.0 Å². The van der Waals surface area contributed by atoms with Crippen molar-refractivity contribution in [3.8, 4) is 0 Å². The molecule has 0 fully saturated rings. The number of hydrogen-bond acceptors (Lipinski definition) is 8. The summed E-state index contributed by atoms with van der Waals surface area (Å²) in [6.07, 6.45) is 5.38. The molecule has 320 valence electrons. The number of para-hydroxylation sites is 3. The number of hydrogen-bond donors (Lipinski definition) is 2. The van der Waals surface area contributed by atoms with Crippen LogP contribution in [0.4, 0.5) is 30.2 Å². The number of halogens is 3. The molecule has 2 N–H and O–H groups in total. The highest BCUT2D eigenvalue weighted by Gasteiger charge is 2.47. The molecule has 1 amide bonds. The first kappa shape index (κ1) is 45.0. The maximum Gasteiger partial charge on any atom is 0.472 e. The van der Waals surface area contributed by atoms with E-state index >= 15 is 0 Å². The number of carbonyl (C=O) groups excluding carboxylic acids is 1. The van der Waals surface area contributed by atoms with Gasteiger partial charge in [-0.05, 0) is 86.9 Å². The summed E-state index contributed by atoms with van der Waals surface area (Å²) in [5.41, 5.74) is 6.39. The van der Waals surface area contributed by atoms with Crippen molar-refractivity contribution in [3.63, 3.8) is 0 Å². The number of allylic oxidation sites excluding steroid dienone is 7. The number of amides is 1. The number of carbonyl (C=O) groups is 1. The van der Waals surface area contributed by atoms with Crippen LogP contribution < -0.4 is 9.80 Å². The van der Waals surface area contributed by atoms with Crippen molar-refractivity contribution in [3.05, 3.63) is 137 Å². The number of rotatable bonds is 17. The first-order chi connectivity index (χ1) is 28.5. The van der Waals surface area contributed by atoms with Crippen molar-refractivity contribution in [1.82, 2.24) is 0 Å². The van der Waals surface area contributed by atoms with E-state index in [2.05, 4.69) is 58.7 Å². The third-order valence-electron chi connectivity index (χ3n) is 11.4. The molecule has 0 saturated heterocycles. The summed E-state index contributed by atoms with van der Waals surface area (Å²) in [4.78, 5) is 16.5. The molecule has 0 radical (unpaired) electrons. The Hall–Kier alpha value is -4.51. The average Bonchev–Trinajstić information content (AvgIpc) is 3.77. The molecule has 0 atom stereocenters. The summed E-state index contributed by atoms with van der Waals surface area (Å²) in [5, 5.41) is 12.2. The summed E-state index contributed by atoms with van der Waals surface area (Å²) in [7, 11) is -4.13. The van der Waals surface area contributed by atoms with E-state index in [-0.39, 0.29) is 23.6 Å². The second-order valence-corrected chi connectivity index (χ2v) is 18.4. The summed E-state index contributed by atoms with van der Waals surface area (Å²) in [5.74, 6) is -1.78. The Morgan fingerprint density at radius 3 is 2.27 bits per heavy atom. The van der Waals surface area contributed by atoms with Gasteiger partial charge in [0.25, 0.3) is 10.1 Å². The molecule has 15 heteroatoms. The molecule has 6 rings (SSSR count). The van der Waals surface area contributed by atoms with Gasteiger partial charge in [-0.25, -0.2) is 5.26 Å². The zero-order chi connectivity index (χ0) is 43.3. The minimum absolute atomic E-state index is 0.0894. The van der Waals surface area contributed by atoms with Crippen LogP contribution in [0.2, 0.25) is 0 Å². The maximum atomic E-state index is 14.6. The van der Waals surface area contributed by atoms with Gasteiger partial charge >= 0.3 is 12.1 Å². The number of alkyl halides is 3. The van der Waals surface area contributed by atoms with Gasteiger partial charge in [-0.15, -0.1) is 4.33 Å². The number of fused-ring (bicyclic) bond motifs is 2. The molecule has 2 aliphatic heterocycles. The molecular formula is C45H51F3N3O7S2+. The van der Waals surface area contributed by atoms with Crippen molar-refractivity contribution in [2.75, 3.05) is 34.4 Å². The topological polar surface area (TPSA) is 120 Å². The fourth-order valence-corrected chi connectivity index (χ4v) is 9.54. The minimum atomic E-state index is -5.18. The van der Waals surface area contributed by atoms with Crippen molar-refractivity contribution < 1.29 is 50.1 Å². The fourth-order valence-electron chi connectivity index (χ4n) is 8.54. The zero-order valence-electron chi connectivity index (χ0n) is 34.1. The summed E-state index contributed by atoms with van der Waals surface area (Å²) >= 11 is 0.998. The second kappa shape index (κ2) is 18.6. The lowest BCUT2D eigenvalue weighted by Gasteiger charge is -2.28. The lowest BCUT2D eigenvalue weighted by molar-refractivity contribution is -0.438. The van der Waals surface area contributed by atoms with Crippen LogP contribution in [-0.2, 0) is 35.1 Å². The van der Waals surface area contributed by atoms with E-state index in [4.69, 9.17) is 5.26 Å². The van der Waals surface area contributed by atoms with E-state index in [1.165, 1.54) is 12.1 Å². The number of unbranched alkanes of at least 4 members (excludes halogenated alkanes) is 2. The van der Waals surface area contributed by atoms with Crippen LogP contribution >= 0.6 is 12.0 Å². The Labute approximate surface area is 354 Å². The second-order valence-electron chi connectivity index (χ2n) is 16.1. The number of anilines is 2. The predicted octanol–water partition coefficient (Wildman–Crippen LogP) is 10.4. The van der Waals surface area contributed by atoms with Crippen molar-refractivity contribution >= 4 is 50.8 Å². The molecule has 60 heavy (non-hydrogen) atoms. The smallest absolute Gasteiger partial charge is 0.344 e. The zero-order valence-corrected chi connectivity index (χ0v) is 35.7. The van der Waals surface area contributed by atoms with Gasteiger partial charge in [0.05, 0.1) is 16.9 Å². The fraction of sp³-hybridized carbons (Fsp3) is 0.378. The first-order valence-corrected chi connectivity index (χ1v) is 22.4. The average molecular weight is 867 g/mol. The van der Waals surface area contributed by atoms with Gasteiger partial charge < -0.3 is 4.90 Å². The predicted molar refractivity (Wildman–Crippen MR) is 230 cm³/mol. The lowest BCUT2D eigenvalue weighted by Crippen LogP contribution is -2.41. The van der Waals surface area contributed by atoms with Gasteiger partial charge in [-0.1, -0.05) is 85.6 Å². The Morgan fingerprint density at radius 2 is 1.57 bits per heavy atom. The van der Waals surface area contributed by atoms with Gasteiger partial charge in [0, 0.05) is 71.0 Å². The largest absolute Gasteiger partial charge is 0.472 e. The standard InChI is InChI=1S/C45H50F3N3O7S2/c1-43(2)35-18-8-10-20-37(35)49(28-12-14-30-59-58-57-53)39(43)26-24-32-22-23-33(41(32)51(42(52)45(46,47)48)34-16-6-5-7-17-34)25-27-40-44(3,4)36-19-9-11-21-38(36)50(40)29-13-15-31-60(54,55)56/h5-11,16-21,24-27H,12-15,22-23,28-31H2,1-4H3,(H-,53,54,55,56)/p+1. The molecule has 3 aromatic rings. The van der Waals surface area contributed by atoms with E-state index in [0.29, 0.717) is 49.3 Å². The third kappa shape index (κ3) is 9.82. The summed E-state index contributed by atoms with van der Waals surface area (Å²) in [6.45, 7) is 9.47. The molecule has 0 unspecified atom stereocenters. The van der Waals surface area contributed by atoms with Crippen LogP contribution in [0.5, 0.6) is 0 Å². The lowest BCUT2D eigenvalue weighted by atomic mass is 9.81. The van der Waals surface area contributed by atoms with Crippen LogP contribution in [0.25, 0.3) is 0 Å². The Balaban J connectivity index is 1.47. The van der Waals surface area contributed by atoms with E-state index in [1.54, 1.807) is 18.2 Å². The number of nitrogens with zero attached hydrogens (tertiary/aromatic N) is 3. The summed E-state index contributed by atoms with van der Waals surface area (Å²) in [6, 6.07) is 23.9. The van der Waals surface area contributed by atoms with E-state index in [0.717, 1.165) is 63.7 Å². The normalized spacial score (nSPS) is 18.6. The van der Waals surface area contributed by atoms with Gasteiger partial charge in [-0.3, -0.25) is 14.2 Å². The molecule has 2 heterocycles. The Kier molecular flexibility index (Phi) is 14.0. The Bertz CT molecular complexity index is 2340. The molecule has 0 aromatic heterocycles. The molecule has 0 bridgehead atoms. The van der Waals surface area contributed by atoms with Crippen LogP contribution in [0.1, 0.15) is 77.3 Å². The van der Waals surface area contributed by atoms with Crippen LogP contribution in [-0.4, -0.2) is 65.2 Å². The van der Waals surface area contributed by atoms with Gasteiger partial charge in [0.1, 0.15) is 6.54 Å². The quantitative estimate of drug-likeness (QED) is 0.0341. The van der Waals surface area contributed by atoms with E-state index in [1.807, 2.05) is 60.7 Å².